The van der Waals surface area contributed by atoms with Gasteiger partial charge in [0.05, 0.1) is 33.6 Å². The molecule has 1 heterocycles. The summed E-state index contributed by atoms with van der Waals surface area (Å²) in [6, 6.07) is 20.9. The Morgan fingerprint density at radius 3 is 2.27 bits per heavy atom. The number of nitrogens with one attached hydrogen (secondary N) is 1. The van der Waals surface area contributed by atoms with Gasteiger partial charge in [0.2, 0.25) is 5.69 Å². The van der Waals surface area contributed by atoms with Crippen LogP contribution in [0.25, 0.3) is 5.69 Å². The highest BCUT2D eigenvalue weighted by atomic mass is 16.5. The van der Waals surface area contributed by atoms with Gasteiger partial charge in [0.15, 0.2) is 11.5 Å². The van der Waals surface area contributed by atoms with Gasteiger partial charge in [-0.3, -0.25) is 14.2 Å². The number of carbonyl (C=O) groups is 1. The van der Waals surface area contributed by atoms with E-state index in [0.717, 1.165) is 14.8 Å². The average Bonchev–Trinajstić information content (AvgIpc) is 2.94. The summed E-state index contributed by atoms with van der Waals surface area (Å²) in [6.07, 6.45) is 0. The standard InChI is InChI=1S/C27H26N4O6/c1-35-21-11-7-10-19(14-21)17-30-26(33)24(25(32)28-16-18-8-5-4-6-9-18)29-31(27(30)34)20-12-13-22(36-2)23(15-20)37-3/h4-15H,16-17H2,1-3H3,(H,28,32). The third-order valence-corrected chi connectivity index (χ3v) is 5.66. The highest BCUT2D eigenvalue weighted by molar-refractivity contribution is 5.91. The quantitative estimate of drug-likeness (QED) is 0.374. The van der Waals surface area contributed by atoms with Gasteiger partial charge >= 0.3 is 5.69 Å². The first-order valence-corrected chi connectivity index (χ1v) is 11.4. The van der Waals surface area contributed by atoms with Crippen LogP contribution in [0.2, 0.25) is 0 Å². The van der Waals surface area contributed by atoms with Gasteiger partial charge in [0.1, 0.15) is 5.75 Å². The zero-order valence-electron chi connectivity index (χ0n) is 20.6. The molecular weight excluding hydrogens is 476 g/mol. The van der Waals surface area contributed by atoms with Crippen molar-refractivity contribution in [3.05, 3.63) is 110 Å². The molecule has 1 amide bonds. The third-order valence-electron chi connectivity index (χ3n) is 5.66. The number of hydrogen-bond donors (Lipinski definition) is 1. The first-order chi connectivity index (χ1) is 17.9. The number of amides is 1. The number of ether oxygens (including phenoxy) is 3. The van der Waals surface area contributed by atoms with Gasteiger partial charge in [-0.25, -0.2) is 4.79 Å². The minimum atomic E-state index is -0.810. The molecule has 10 nitrogen and oxygen atoms in total. The van der Waals surface area contributed by atoms with Crippen molar-refractivity contribution in [2.75, 3.05) is 21.3 Å². The molecule has 0 aliphatic rings. The minimum absolute atomic E-state index is 0.0936. The molecule has 0 aliphatic heterocycles. The molecule has 0 saturated carbocycles. The minimum Gasteiger partial charge on any atom is -0.497 e. The normalized spacial score (nSPS) is 10.6. The molecule has 4 rings (SSSR count). The van der Waals surface area contributed by atoms with Crippen LogP contribution in [-0.4, -0.2) is 41.6 Å². The van der Waals surface area contributed by atoms with Crippen LogP contribution in [0.15, 0.2) is 82.4 Å². The molecular formula is C27H26N4O6. The van der Waals surface area contributed by atoms with E-state index in [1.54, 1.807) is 42.5 Å². The molecule has 0 spiro atoms. The van der Waals surface area contributed by atoms with E-state index in [4.69, 9.17) is 14.2 Å². The number of methoxy groups -OCH3 is 3. The maximum absolute atomic E-state index is 13.5. The Labute approximate surface area is 212 Å². The highest BCUT2D eigenvalue weighted by Crippen LogP contribution is 2.28. The zero-order valence-corrected chi connectivity index (χ0v) is 20.6. The van der Waals surface area contributed by atoms with Crippen LogP contribution in [0.3, 0.4) is 0 Å². The molecule has 0 aliphatic carbocycles. The van der Waals surface area contributed by atoms with E-state index in [9.17, 15) is 14.4 Å². The molecule has 4 aromatic rings. The fourth-order valence-electron chi connectivity index (χ4n) is 3.74. The first-order valence-electron chi connectivity index (χ1n) is 11.4. The second-order valence-electron chi connectivity index (χ2n) is 7.99. The van der Waals surface area contributed by atoms with E-state index in [1.807, 2.05) is 30.3 Å². The van der Waals surface area contributed by atoms with Crippen LogP contribution in [0.5, 0.6) is 17.2 Å². The smallest absolute Gasteiger partial charge is 0.352 e. The lowest BCUT2D eigenvalue weighted by molar-refractivity contribution is 0.0941. The lowest BCUT2D eigenvalue weighted by atomic mass is 10.2. The Bertz CT molecular complexity index is 1530. The van der Waals surface area contributed by atoms with Gasteiger partial charge in [-0.15, -0.1) is 0 Å². The molecule has 0 unspecified atom stereocenters. The molecule has 37 heavy (non-hydrogen) atoms. The fraction of sp³-hybridized carbons (Fsp3) is 0.185. The van der Waals surface area contributed by atoms with Crippen molar-refractivity contribution in [3.63, 3.8) is 0 Å². The van der Waals surface area contributed by atoms with Crippen molar-refractivity contribution in [1.82, 2.24) is 19.7 Å². The van der Waals surface area contributed by atoms with E-state index >= 15 is 0 Å². The van der Waals surface area contributed by atoms with E-state index in [1.165, 1.54) is 21.3 Å². The highest BCUT2D eigenvalue weighted by Gasteiger charge is 2.21. The van der Waals surface area contributed by atoms with Crippen LogP contribution in [0.4, 0.5) is 0 Å². The summed E-state index contributed by atoms with van der Waals surface area (Å²) in [5.41, 5.74) is -0.179. The third kappa shape index (κ3) is 5.53. The van der Waals surface area contributed by atoms with Crippen molar-refractivity contribution >= 4 is 5.91 Å². The predicted octanol–water partition coefficient (Wildman–Crippen LogP) is 2.40. The number of nitrogens with zero attached hydrogens (tertiary/aromatic N) is 3. The summed E-state index contributed by atoms with van der Waals surface area (Å²) >= 11 is 0. The van der Waals surface area contributed by atoms with Gasteiger partial charge in [-0.1, -0.05) is 42.5 Å². The molecule has 0 atom stereocenters. The van der Waals surface area contributed by atoms with Crippen LogP contribution in [0.1, 0.15) is 21.6 Å². The average molecular weight is 503 g/mol. The van der Waals surface area contributed by atoms with E-state index < -0.39 is 22.9 Å². The van der Waals surface area contributed by atoms with Gasteiger partial charge in [-0.2, -0.15) is 9.78 Å². The Kier molecular flexibility index (Phi) is 7.68. The summed E-state index contributed by atoms with van der Waals surface area (Å²) in [7, 11) is 4.48. The summed E-state index contributed by atoms with van der Waals surface area (Å²) < 4.78 is 17.8. The Morgan fingerprint density at radius 1 is 0.838 bits per heavy atom. The second-order valence-corrected chi connectivity index (χ2v) is 7.99. The molecule has 0 fully saturated rings. The van der Waals surface area contributed by atoms with Gasteiger partial charge in [-0.05, 0) is 35.4 Å². The largest absolute Gasteiger partial charge is 0.497 e. The number of carbonyl (C=O) groups excluding carboxylic acids is 1. The molecule has 0 bridgehead atoms. The number of hydrogen-bond acceptors (Lipinski definition) is 7. The predicted molar refractivity (Wildman–Crippen MR) is 137 cm³/mol. The molecule has 0 radical (unpaired) electrons. The lowest BCUT2D eigenvalue weighted by Gasteiger charge is -2.14. The Hall–Kier alpha value is -4.86. The summed E-state index contributed by atoms with van der Waals surface area (Å²) in [4.78, 5) is 39.9. The number of rotatable bonds is 9. The van der Waals surface area contributed by atoms with Gasteiger partial charge < -0.3 is 19.5 Å². The van der Waals surface area contributed by atoms with Crippen molar-refractivity contribution in [2.45, 2.75) is 13.1 Å². The summed E-state index contributed by atoms with van der Waals surface area (Å²) in [5.74, 6) is 0.669. The lowest BCUT2D eigenvalue weighted by Crippen LogP contribution is -2.46. The summed E-state index contributed by atoms with van der Waals surface area (Å²) in [6.45, 7) is 0.0931. The fourth-order valence-corrected chi connectivity index (χ4v) is 3.74. The van der Waals surface area contributed by atoms with E-state index in [0.29, 0.717) is 28.5 Å². The maximum Gasteiger partial charge on any atom is 0.352 e. The van der Waals surface area contributed by atoms with Crippen LogP contribution >= 0.6 is 0 Å². The van der Waals surface area contributed by atoms with Crippen molar-refractivity contribution in [3.8, 4) is 22.9 Å². The van der Waals surface area contributed by atoms with E-state index in [2.05, 4.69) is 10.4 Å². The zero-order chi connectivity index (χ0) is 26.4. The monoisotopic (exact) mass is 502 g/mol. The molecule has 190 valence electrons. The molecule has 0 saturated heterocycles. The first kappa shape index (κ1) is 25.2. The number of aromatic nitrogens is 3. The molecule has 10 heteroatoms. The molecule has 1 aromatic heterocycles. The van der Waals surface area contributed by atoms with Crippen molar-refractivity contribution < 1.29 is 19.0 Å². The van der Waals surface area contributed by atoms with Crippen LogP contribution < -0.4 is 30.8 Å². The Balaban J connectivity index is 1.82. The molecule has 1 N–H and O–H groups in total. The second kappa shape index (κ2) is 11.3. The topological polar surface area (TPSA) is 114 Å². The van der Waals surface area contributed by atoms with Gasteiger partial charge in [0.25, 0.3) is 11.5 Å². The van der Waals surface area contributed by atoms with E-state index in [-0.39, 0.29) is 13.1 Å². The van der Waals surface area contributed by atoms with Crippen LogP contribution in [0, 0.1) is 0 Å². The SMILES string of the molecule is COc1cccc(Cn2c(=O)c(C(=O)NCc3ccccc3)nn(-c3ccc(OC)c(OC)c3)c2=O)c1. The maximum atomic E-state index is 13.5. The number of benzene rings is 3. The Morgan fingerprint density at radius 2 is 1.57 bits per heavy atom. The molecule has 3 aromatic carbocycles. The summed E-state index contributed by atoms with van der Waals surface area (Å²) in [5, 5.41) is 6.87. The van der Waals surface area contributed by atoms with Crippen molar-refractivity contribution in [2.24, 2.45) is 0 Å². The van der Waals surface area contributed by atoms with Crippen molar-refractivity contribution in [1.29, 1.82) is 0 Å². The van der Waals surface area contributed by atoms with Crippen LogP contribution in [-0.2, 0) is 13.1 Å². The van der Waals surface area contributed by atoms with Gasteiger partial charge in [0, 0.05) is 12.6 Å².